The van der Waals surface area contributed by atoms with Crippen molar-refractivity contribution in [1.82, 2.24) is 5.32 Å². The molecule has 1 rings (SSSR count). The molecule has 0 atom stereocenters. The number of nitrogens with two attached hydrogens (primary N) is 1. The van der Waals surface area contributed by atoms with Crippen molar-refractivity contribution in [3.05, 3.63) is 28.8 Å². The van der Waals surface area contributed by atoms with Gasteiger partial charge in [0.1, 0.15) is 0 Å². The number of rotatable bonds is 2. The molecule has 0 fully saturated rings. The molecule has 1 amide bonds. The molecule has 0 aliphatic heterocycles. The molecule has 0 heterocycles. The van der Waals surface area contributed by atoms with Gasteiger partial charge in [-0.3, -0.25) is 0 Å². The first-order chi connectivity index (χ1) is 6.09. The summed E-state index contributed by atoms with van der Waals surface area (Å²) in [5, 5.41) is 11.1. The van der Waals surface area contributed by atoms with Gasteiger partial charge in [0, 0.05) is 17.3 Å². The third-order valence-corrected chi connectivity index (χ3v) is 1.77. The lowest BCUT2D eigenvalue weighted by molar-refractivity contribution is 0.194. The molecule has 4 nitrogen and oxygen atoms in total. The van der Waals surface area contributed by atoms with Crippen molar-refractivity contribution in [2.75, 3.05) is 5.73 Å². The molecule has 1 aromatic carbocycles. The minimum Gasteiger partial charge on any atom is -0.465 e. The lowest BCUT2D eigenvalue weighted by atomic mass is 10.2. The van der Waals surface area contributed by atoms with Crippen LogP contribution in [0.15, 0.2) is 18.2 Å². The highest BCUT2D eigenvalue weighted by Crippen LogP contribution is 2.17. The molecule has 70 valence electrons. The molecule has 1 aromatic rings. The van der Waals surface area contributed by atoms with Gasteiger partial charge in [-0.1, -0.05) is 11.6 Å². The number of anilines is 1. The highest BCUT2D eigenvalue weighted by molar-refractivity contribution is 6.30. The van der Waals surface area contributed by atoms with E-state index in [1.54, 1.807) is 18.2 Å². The quantitative estimate of drug-likeness (QED) is 0.636. The number of amides is 1. The Hall–Kier alpha value is -1.42. The van der Waals surface area contributed by atoms with Crippen LogP contribution in [0, 0.1) is 0 Å². The molecular weight excluding hydrogens is 192 g/mol. The molecule has 0 radical (unpaired) electrons. The van der Waals surface area contributed by atoms with Gasteiger partial charge in [0.2, 0.25) is 0 Å². The van der Waals surface area contributed by atoms with Crippen LogP contribution in [-0.4, -0.2) is 11.2 Å². The van der Waals surface area contributed by atoms with E-state index in [0.29, 0.717) is 16.3 Å². The molecule has 0 unspecified atom stereocenters. The van der Waals surface area contributed by atoms with Gasteiger partial charge >= 0.3 is 6.09 Å². The highest BCUT2D eigenvalue weighted by Gasteiger charge is 2.01. The highest BCUT2D eigenvalue weighted by atomic mass is 35.5. The first kappa shape index (κ1) is 9.67. The van der Waals surface area contributed by atoms with Crippen molar-refractivity contribution in [1.29, 1.82) is 0 Å². The summed E-state index contributed by atoms with van der Waals surface area (Å²) in [6, 6.07) is 4.93. The molecule has 5 heteroatoms. The molecule has 0 aliphatic rings. The zero-order chi connectivity index (χ0) is 9.84. The summed E-state index contributed by atoms with van der Waals surface area (Å²) in [5.41, 5.74) is 6.79. The third kappa shape index (κ3) is 2.83. The maximum absolute atomic E-state index is 10.2. The van der Waals surface area contributed by atoms with Gasteiger partial charge in [-0.05, 0) is 23.8 Å². The van der Waals surface area contributed by atoms with Crippen LogP contribution in [0.25, 0.3) is 0 Å². The molecule has 13 heavy (non-hydrogen) atoms. The summed E-state index contributed by atoms with van der Waals surface area (Å²) in [6.07, 6.45) is -1.08. The first-order valence-electron chi connectivity index (χ1n) is 3.60. The van der Waals surface area contributed by atoms with Gasteiger partial charge in [-0.25, -0.2) is 4.79 Å². The Morgan fingerprint density at radius 2 is 2.31 bits per heavy atom. The number of hydrogen-bond acceptors (Lipinski definition) is 2. The van der Waals surface area contributed by atoms with Crippen LogP contribution in [0.2, 0.25) is 5.02 Å². The van der Waals surface area contributed by atoms with Crippen LogP contribution in [-0.2, 0) is 6.54 Å². The molecule has 0 aromatic heterocycles. The summed E-state index contributed by atoms with van der Waals surface area (Å²) in [7, 11) is 0. The average Bonchev–Trinajstić information content (AvgIpc) is 2.06. The van der Waals surface area contributed by atoms with Crippen molar-refractivity contribution in [2.24, 2.45) is 0 Å². The number of benzene rings is 1. The Morgan fingerprint density at radius 1 is 1.62 bits per heavy atom. The van der Waals surface area contributed by atoms with Crippen LogP contribution in [0.4, 0.5) is 10.5 Å². The Morgan fingerprint density at radius 3 is 2.92 bits per heavy atom. The van der Waals surface area contributed by atoms with Crippen LogP contribution in [0.3, 0.4) is 0 Å². The number of nitrogen functional groups attached to an aromatic ring is 1. The van der Waals surface area contributed by atoms with Crippen LogP contribution >= 0.6 is 11.6 Å². The SMILES string of the molecule is Nc1ccc(Cl)cc1CNC(=O)O. The van der Waals surface area contributed by atoms with Gasteiger partial charge in [-0.2, -0.15) is 0 Å². The monoisotopic (exact) mass is 200 g/mol. The Balaban J connectivity index is 2.75. The van der Waals surface area contributed by atoms with E-state index in [1.165, 1.54) is 0 Å². The predicted molar refractivity (Wildman–Crippen MR) is 50.7 cm³/mol. The maximum atomic E-state index is 10.2. The normalized spacial score (nSPS) is 9.62. The number of carboxylic acid groups (broad SMARTS) is 1. The largest absolute Gasteiger partial charge is 0.465 e. The molecule has 0 aliphatic carbocycles. The van der Waals surface area contributed by atoms with Gasteiger partial charge in [0.15, 0.2) is 0 Å². The van der Waals surface area contributed by atoms with E-state index in [2.05, 4.69) is 5.32 Å². The topological polar surface area (TPSA) is 75.3 Å². The maximum Gasteiger partial charge on any atom is 0.404 e. The summed E-state index contributed by atoms with van der Waals surface area (Å²) in [5.74, 6) is 0. The van der Waals surface area contributed by atoms with E-state index in [9.17, 15) is 4.79 Å². The minimum absolute atomic E-state index is 0.168. The number of nitrogens with one attached hydrogen (secondary N) is 1. The lowest BCUT2D eigenvalue weighted by Gasteiger charge is -2.05. The van der Waals surface area contributed by atoms with Crippen molar-refractivity contribution < 1.29 is 9.90 Å². The average molecular weight is 201 g/mol. The fourth-order valence-electron chi connectivity index (χ4n) is 0.898. The standard InChI is InChI=1S/C8H9ClN2O2/c9-6-1-2-7(10)5(3-6)4-11-8(12)13/h1-3,11H,4,10H2,(H,12,13). The van der Waals surface area contributed by atoms with Crippen molar-refractivity contribution in [3.8, 4) is 0 Å². The van der Waals surface area contributed by atoms with E-state index in [0.717, 1.165) is 0 Å². The summed E-state index contributed by atoms with van der Waals surface area (Å²) in [4.78, 5) is 10.2. The van der Waals surface area contributed by atoms with E-state index >= 15 is 0 Å². The molecular formula is C8H9ClN2O2. The second kappa shape index (κ2) is 4.00. The Kier molecular flexibility index (Phi) is 2.97. The second-order valence-corrected chi connectivity index (χ2v) is 2.94. The van der Waals surface area contributed by atoms with E-state index in [4.69, 9.17) is 22.4 Å². The Labute approximate surface area is 80.3 Å². The van der Waals surface area contributed by atoms with Gasteiger partial charge in [-0.15, -0.1) is 0 Å². The molecule has 0 bridgehead atoms. The molecule has 4 N–H and O–H groups in total. The lowest BCUT2D eigenvalue weighted by Crippen LogP contribution is -2.20. The second-order valence-electron chi connectivity index (χ2n) is 2.50. The van der Waals surface area contributed by atoms with Crippen molar-refractivity contribution in [2.45, 2.75) is 6.54 Å². The smallest absolute Gasteiger partial charge is 0.404 e. The summed E-state index contributed by atoms with van der Waals surface area (Å²) >= 11 is 5.70. The fourth-order valence-corrected chi connectivity index (χ4v) is 1.09. The zero-order valence-electron chi connectivity index (χ0n) is 6.75. The van der Waals surface area contributed by atoms with Gasteiger partial charge in [0.05, 0.1) is 0 Å². The third-order valence-electron chi connectivity index (χ3n) is 1.54. The first-order valence-corrected chi connectivity index (χ1v) is 3.98. The van der Waals surface area contributed by atoms with Crippen LogP contribution < -0.4 is 11.1 Å². The van der Waals surface area contributed by atoms with E-state index in [1.807, 2.05) is 0 Å². The summed E-state index contributed by atoms with van der Waals surface area (Å²) in [6.45, 7) is 0.168. The summed E-state index contributed by atoms with van der Waals surface area (Å²) < 4.78 is 0. The minimum atomic E-state index is -1.08. The van der Waals surface area contributed by atoms with E-state index in [-0.39, 0.29) is 6.54 Å². The van der Waals surface area contributed by atoms with E-state index < -0.39 is 6.09 Å². The fraction of sp³-hybridized carbons (Fsp3) is 0.125. The van der Waals surface area contributed by atoms with Gasteiger partial charge in [0.25, 0.3) is 0 Å². The van der Waals surface area contributed by atoms with Gasteiger partial charge < -0.3 is 16.2 Å². The molecule has 0 spiro atoms. The number of hydrogen-bond donors (Lipinski definition) is 3. The predicted octanol–water partition coefficient (Wildman–Crippen LogP) is 1.69. The van der Waals surface area contributed by atoms with Crippen LogP contribution in [0.1, 0.15) is 5.56 Å². The van der Waals surface area contributed by atoms with Crippen molar-refractivity contribution in [3.63, 3.8) is 0 Å². The van der Waals surface area contributed by atoms with Crippen molar-refractivity contribution >= 4 is 23.4 Å². The number of carbonyl (C=O) groups is 1. The zero-order valence-corrected chi connectivity index (χ0v) is 7.51. The molecule has 0 saturated heterocycles. The molecule has 0 saturated carbocycles. The Bertz CT molecular complexity index is 328. The van der Waals surface area contributed by atoms with Crippen LogP contribution in [0.5, 0.6) is 0 Å². The number of halogens is 1.